The summed E-state index contributed by atoms with van der Waals surface area (Å²) < 4.78 is 29.9. The molecule has 0 atom stereocenters. The molecule has 0 saturated carbocycles. The summed E-state index contributed by atoms with van der Waals surface area (Å²) in [6.07, 6.45) is 0. The maximum atomic E-state index is 13.1. The Hall–Kier alpha value is -2.49. The number of thiazole rings is 1. The van der Waals surface area contributed by atoms with Crippen LogP contribution in [0.1, 0.15) is 17.3 Å². The molecule has 1 fully saturated rings. The van der Waals surface area contributed by atoms with E-state index in [2.05, 4.69) is 0 Å². The Bertz CT molecular complexity index is 1210. The number of nitrogens with zero attached hydrogens (tertiary/aromatic N) is 3. The Kier molecular flexibility index (Phi) is 5.28. The lowest BCUT2D eigenvalue weighted by atomic mass is 10.2. The number of amides is 1. The Labute approximate surface area is 172 Å². The minimum Gasteiger partial charge on any atom is -0.336 e. The number of piperazine rings is 1. The number of carbonyl (C=O) groups is 1. The molecule has 9 heteroatoms. The number of benzene rings is 2. The van der Waals surface area contributed by atoms with Crippen LogP contribution in [0.2, 0.25) is 0 Å². The van der Waals surface area contributed by atoms with Crippen molar-refractivity contribution in [3.05, 3.63) is 63.8 Å². The zero-order chi connectivity index (χ0) is 20.6. The van der Waals surface area contributed by atoms with Gasteiger partial charge in [-0.25, -0.2) is 8.42 Å². The largest absolute Gasteiger partial charge is 0.336 e. The number of hydrogen-bond donors (Lipinski definition) is 0. The molecular weight excluding hydrogens is 410 g/mol. The van der Waals surface area contributed by atoms with Gasteiger partial charge in [0.15, 0.2) is 0 Å². The number of fused-ring (bicyclic) bond motifs is 1. The van der Waals surface area contributed by atoms with Gasteiger partial charge < -0.3 is 4.90 Å². The van der Waals surface area contributed by atoms with Gasteiger partial charge in [-0.2, -0.15) is 4.31 Å². The summed E-state index contributed by atoms with van der Waals surface area (Å²) in [5.74, 6) is -0.0882. The molecule has 7 nitrogen and oxygen atoms in total. The van der Waals surface area contributed by atoms with Crippen LogP contribution in [-0.2, 0) is 16.6 Å². The molecule has 1 amide bonds. The lowest BCUT2D eigenvalue weighted by Crippen LogP contribution is -2.50. The van der Waals surface area contributed by atoms with E-state index in [0.29, 0.717) is 29.9 Å². The van der Waals surface area contributed by atoms with E-state index in [9.17, 15) is 18.0 Å². The average molecular weight is 432 g/mol. The molecule has 0 spiro atoms. The Balaban J connectivity index is 1.52. The van der Waals surface area contributed by atoms with Gasteiger partial charge in [0.05, 0.1) is 15.1 Å². The van der Waals surface area contributed by atoms with Crippen LogP contribution in [0, 0.1) is 0 Å². The summed E-state index contributed by atoms with van der Waals surface area (Å²) in [4.78, 5) is 26.4. The lowest BCUT2D eigenvalue weighted by Gasteiger charge is -2.34. The van der Waals surface area contributed by atoms with Crippen molar-refractivity contribution < 1.29 is 13.2 Å². The fraction of sp³-hybridized carbons (Fsp3) is 0.300. The van der Waals surface area contributed by atoms with Gasteiger partial charge in [0, 0.05) is 38.3 Å². The highest BCUT2D eigenvalue weighted by Crippen LogP contribution is 2.25. The van der Waals surface area contributed by atoms with E-state index in [1.165, 1.54) is 4.31 Å². The quantitative estimate of drug-likeness (QED) is 0.635. The smallest absolute Gasteiger partial charge is 0.308 e. The molecule has 0 bridgehead atoms. The second kappa shape index (κ2) is 7.74. The van der Waals surface area contributed by atoms with Gasteiger partial charge in [0.25, 0.3) is 5.91 Å². The Morgan fingerprint density at radius 1 is 1.03 bits per heavy atom. The van der Waals surface area contributed by atoms with Gasteiger partial charge in [-0.15, -0.1) is 0 Å². The third kappa shape index (κ3) is 3.61. The van der Waals surface area contributed by atoms with E-state index in [4.69, 9.17) is 0 Å². The van der Waals surface area contributed by atoms with Crippen molar-refractivity contribution in [2.24, 2.45) is 0 Å². The summed E-state index contributed by atoms with van der Waals surface area (Å²) in [6, 6.07) is 13.8. The number of aryl methyl sites for hydroxylation is 1. The molecule has 0 radical (unpaired) electrons. The van der Waals surface area contributed by atoms with E-state index >= 15 is 0 Å². The highest BCUT2D eigenvalue weighted by Gasteiger charge is 2.30. The van der Waals surface area contributed by atoms with E-state index in [-0.39, 0.29) is 28.8 Å². The van der Waals surface area contributed by atoms with E-state index in [1.807, 2.05) is 25.1 Å². The molecular formula is C20H21N3O4S2. The van der Waals surface area contributed by atoms with Crippen molar-refractivity contribution in [2.75, 3.05) is 26.2 Å². The number of aromatic nitrogens is 1. The standard InChI is InChI=1S/C20H21N3O4S2/c1-2-23-17-9-8-16(14-18(17)28-20(23)25)29(26,27)22-12-10-21(11-13-22)19(24)15-6-4-3-5-7-15/h3-9,14H,2,10-13H2,1H3. The number of rotatable bonds is 4. The first-order valence-corrected chi connectivity index (χ1v) is 11.7. The molecule has 1 saturated heterocycles. The van der Waals surface area contributed by atoms with Crippen LogP contribution in [0.3, 0.4) is 0 Å². The fourth-order valence-electron chi connectivity index (χ4n) is 3.55. The highest BCUT2D eigenvalue weighted by molar-refractivity contribution is 7.89. The van der Waals surface area contributed by atoms with Crippen molar-refractivity contribution in [3.63, 3.8) is 0 Å². The second-order valence-electron chi connectivity index (χ2n) is 6.80. The first kappa shape index (κ1) is 19.8. The summed E-state index contributed by atoms with van der Waals surface area (Å²) in [7, 11) is -3.69. The molecule has 2 heterocycles. The number of carbonyl (C=O) groups excluding carboxylic acids is 1. The minimum absolute atomic E-state index is 0.0882. The van der Waals surface area contributed by atoms with Crippen molar-refractivity contribution in [1.29, 1.82) is 0 Å². The van der Waals surface area contributed by atoms with Crippen molar-refractivity contribution >= 4 is 37.5 Å². The second-order valence-corrected chi connectivity index (χ2v) is 9.74. The maximum Gasteiger partial charge on any atom is 0.308 e. The van der Waals surface area contributed by atoms with Gasteiger partial charge in [0.2, 0.25) is 10.0 Å². The predicted octanol–water partition coefficient (Wildman–Crippen LogP) is 2.23. The van der Waals surface area contributed by atoms with E-state index < -0.39 is 10.0 Å². The summed E-state index contributed by atoms with van der Waals surface area (Å²) in [5.41, 5.74) is 1.35. The van der Waals surface area contributed by atoms with Crippen molar-refractivity contribution in [2.45, 2.75) is 18.4 Å². The SMILES string of the molecule is CCn1c(=O)sc2cc(S(=O)(=O)N3CCN(C(=O)c4ccccc4)CC3)ccc21. The van der Waals surface area contributed by atoms with Gasteiger partial charge in [0.1, 0.15) is 0 Å². The molecule has 29 heavy (non-hydrogen) atoms. The third-order valence-electron chi connectivity index (χ3n) is 5.14. The first-order valence-electron chi connectivity index (χ1n) is 9.39. The molecule has 0 unspecified atom stereocenters. The van der Waals surface area contributed by atoms with Crippen LogP contribution < -0.4 is 4.87 Å². The van der Waals surface area contributed by atoms with Gasteiger partial charge in [-0.1, -0.05) is 29.5 Å². The molecule has 1 aliphatic rings. The molecule has 1 aromatic heterocycles. The van der Waals surface area contributed by atoms with E-state index in [0.717, 1.165) is 16.9 Å². The maximum absolute atomic E-state index is 13.1. The topological polar surface area (TPSA) is 79.7 Å². The summed E-state index contributed by atoms with van der Waals surface area (Å²) in [6.45, 7) is 3.59. The number of sulfonamides is 1. The monoisotopic (exact) mass is 431 g/mol. The van der Waals surface area contributed by atoms with Crippen LogP contribution >= 0.6 is 11.3 Å². The van der Waals surface area contributed by atoms with Gasteiger partial charge in [-0.05, 0) is 37.3 Å². The minimum atomic E-state index is -3.69. The van der Waals surface area contributed by atoms with Crippen molar-refractivity contribution in [3.8, 4) is 0 Å². The third-order valence-corrected chi connectivity index (χ3v) is 7.98. The van der Waals surface area contributed by atoms with Crippen LogP contribution in [0.15, 0.2) is 58.2 Å². The molecule has 0 aliphatic carbocycles. The van der Waals surface area contributed by atoms with Crippen LogP contribution in [0.25, 0.3) is 10.2 Å². The summed E-state index contributed by atoms with van der Waals surface area (Å²) in [5, 5.41) is 0. The molecule has 1 aliphatic heterocycles. The normalized spacial score (nSPS) is 15.7. The fourth-order valence-corrected chi connectivity index (χ4v) is 6.07. The van der Waals surface area contributed by atoms with Crippen LogP contribution in [-0.4, -0.2) is 54.3 Å². The summed E-state index contributed by atoms with van der Waals surface area (Å²) >= 11 is 1.05. The van der Waals surface area contributed by atoms with Crippen LogP contribution in [0.5, 0.6) is 0 Å². The first-order chi connectivity index (χ1) is 13.9. The van der Waals surface area contributed by atoms with E-state index in [1.54, 1.807) is 39.8 Å². The van der Waals surface area contributed by atoms with Crippen LogP contribution in [0.4, 0.5) is 0 Å². The lowest BCUT2D eigenvalue weighted by molar-refractivity contribution is 0.0698. The average Bonchev–Trinajstić information content (AvgIpc) is 3.08. The molecule has 0 N–H and O–H groups in total. The zero-order valence-corrected chi connectivity index (χ0v) is 17.6. The Morgan fingerprint density at radius 3 is 2.38 bits per heavy atom. The zero-order valence-electron chi connectivity index (χ0n) is 15.9. The molecule has 4 rings (SSSR count). The van der Waals surface area contributed by atoms with Crippen molar-refractivity contribution in [1.82, 2.24) is 13.8 Å². The number of hydrogen-bond acceptors (Lipinski definition) is 5. The van der Waals surface area contributed by atoms with Gasteiger partial charge in [-0.3, -0.25) is 14.2 Å². The highest BCUT2D eigenvalue weighted by atomic mass is 32.2. The Morgan fingerprint density at radius 2 is 1.72 bits per heavy atom. The molecule has 152 valence electrons. The predicted molar refractivity (Wildman–Crippen MR) is 113 cm³/mol. The molecule has 3 aromatic rings. The van der Waals surface area contributed by atoms with Gasteiger partial charge >= 0.3 is 4.87 Å². The molecule has 2 aromatic carbocycles.